The van der Waals surface area contributed by atoms with E-state index in [1.807, 2.05) is 4.90 Å². The zero-order valence-electron chi connectivity index (χ0n) is 7.85. The van der Waals surface area contributed by atoms with Crippen LogP contribution in [0.3, 0.4) is 0 Å². The molecule has 0 saturated carbocycles. The van der Waals surface area contributed by atoms with Gasteiger partial charge in [0.2, 0.25) is 5.91 Å². The van der Waals surface area contributed by atoms with Crippen LogP contribution in [-0.2, 0) is 9.59 Å². The summed E-state index contributed by atoms with van der Waals surface area (Å²) in [5, 5.41) is 8.40. The van der Waals surface area contributed by atoms with Crippen molar-refractivity contribution >= 4 is 11.9 Å². The van der Waals surface area contributed by atoms with Crippen molar-refractivity contribution < 1.29 is 14.7 Å². The Morgan fingerprint density at radius 3 is 2.36 bits per heavy atom. The minimum atomic E-state index is -0.956. The molecule has 0 atom stereocenters. The van der Waals surface area contributed by atoms with Gasteiger partial charge in [0.1, 0.15) is 0 Å². The highest BCUT2D eigenvalue weighted by Gasteiger charge is 2.21. The van der Waals surface area contributed by atoms with Crippen LogP contribution in [0.5, 0.6) is 0 Å². The topological polar surface area (TPSA) is 83.6 Å². The van der Waals surface area contributed by atoms with Crippen molar-refractivity contribution in [1.29, 1.82) is 0 Å². The number of carboxylic acid groups (broad SMARTS) is 1. The molecule has 0 unspecified atom stereocenters. The van der Waals surface area contributed by atoms with Crippen molar-refractivity contribution in [2.24, 2.45) is 11.7 Å². The molecule has 3 N–H and O–H groups in total. The van der Waals surface area contributed by atoms with Gasteiger partial charge in [-0.3, -0.25) is 4.79 Å². The minimum Gasteiger partial charge on any atom is -0.478 e. The number of rotatable bonds is 3. The van der Waals surface area contributed by atoms with Gasteiger partial charge in [0.15, 0.2) is 0 Å². The molecule has 0 aromatic rings. The highest BCUT2D eigenvalue weighted by Crippen LogP contribution is 2.16. The molecule has 0 aliphatic carbocycles. The molecule has 1 rings (SSSR count). The number of piperidine rings is 1. The van der Waals surface area contributed by atoms with Crippen LogP contribution in [0, 0.1) is 5.92 Å². The highest BCUT2D eigenvalue weighted by atomic mass is 16.4. The van der Waals surface area contributed by atoms with Crippen molar-refractivity contribution in [2.75, 3.05) is 13.1 Å². The van der Waals surface area contributed by atoms with Crippen LogP contribution in [0.2, 0.25) is 0 Å². The van der Waals surface area contributed by atoms with Gasteiger partial charge in [-0.25, -0.2) is 4.79 Å². The SMILES string of the molecule is NC(=O)C1CCN(/C=C/C(=O)O)CC1. The number of hydrogen-bond donors (Lipinski definition) is 2. The van der Waals surface area contributed by atoms with E-state index in [-0.39, 0.29) is 11.8 Å². The van der Waals surface area contributed by atoms with Gasteiger partial charge in [-0.05, 0) is 12.8 Å². The molecule has 0 aromatic heterocycles. The third kappa shape index (κ3) is 3.08. The lowest BCUT2D eigenvalue weighted by Gasteiger charge is -2.29. The average Bonchev–Trinajstić information content (AvgIpc) is 2.15. The maximum Gasteiger partial charge on any atom is 0.329 e. The Labute approximate surface area is 82.2 Å². The standard InChI is InChI=1S/C9H14N2O3/c10-9(14)7-1-4-11(5-2-7)6-3-8(12)13/h3,6-7H,1-2,4-5H2,(H2,10,14)(H,12,13)/b6-3+. The van der Waals surface area contributed by atoms with E-state index in [9.17, 15) is 9.59 Å². The number of aliphatic carboxylic acids is 1. The van der Waals surface area contributed by atoms with E-state index in [2.05, 4.69) is 0 Å². The van der Waals surface area contributed by atoms with E-state index < -0.39 is 5.97 Å². The van der Waals surface area contributed by atoms with Gasteiger partial charge < -0.3 is 15.7 Å². The molecule has 0 bridgehead atoms. The molecule has 0 aromatic carbocycles. The number of carbonyl (C=O) groups excluding carboxylic acids is 1. The number of primary amides is 1. The summed E-state index contributed by atoms with van der Waals surface area (Å²) in [6, 6.07) is 0. The predicted octanol–water partition coefficient (Wildman–Crippen LogP) is -0.218. The Morgan fingerprint density at radius 2 is 1.93 bits per heavy atom. The van der Waals surface area contributed by atoms with Crippen LogP contribution in [-0.4, -0.2) is 35.0 Å². The van der Waals surface area contributed by atoms with Crippen LogP contribution in [0.25, 0.3) is 0 Å². The number of likely N-dealkylation sites (tertiary alicyclic amines) is 1. The lowest BCUT2D eigenvalue weighted by atomic mass is 9.97. The summed E-state index contributed by atoms with van der Waals surface area (Å²) in [6.07, 6.45) is 4.06. The van der Waals surface area contributed by atoms with E-state index in [1.165, 1.54) is 0 Å². The molecule has 1 aliphatic heterocycles. The fraction of sp³-hybridized carbons (Fsp3) is 0.556. The predicted molar refractivity (Wildman–Crippen MR) is 50.3 cm³/mol. The van der Waals surface area contributed by atoms with E-state index in [1.54, 1.807) is 6.20 Å². The van der Waals surface area contributed by atoms with Gasteiger partial charge in [-0.15, -0.1) is 0 Å². The molecule has 1 saturated heterocycles. The summed E-state index contributed by atoms with van der Waals surface area (Å²) in [6.45, 7) is 1.38. The molecular formula is C9H14N2O3. The van der Waals surface area contributed by atoms with E-state index in [0.717, 1.165) is 6.08 Å². The second-order valence-corrected chi connectivity index (χ2v) is 3.37. The molecule has 0 spiro atoms. The van der Waals surface area contributed by atoms with Gasteiger partial charge in [-0.1, -0.05) is 0 Å². The monoisotopic (exact) mass is 198 g/mol. The molecule has 1 heterocycles. The fourth-order valence-electron chi connectivity index (χ4n) is 1.50. The Hall–Kier alpha value is -1.52. The maximum absolute atomic E-state index is 10.8. The molecule has 5 nitrogen and oxygen atoms in total. The molecule has 78 valence electrons. The first-order chi connectivity index (χ1) is 6.59. The average molecular weight is 198 g/mol. The van der Waals surface area contributed by atoms with Crippen LogP contribution < -0.4 is 5.73 Å². The van der Waals surface area contributed by atoms with Crippen molar-refractivity contribution in [2.45, 2.75) is 12.8 Å². The van der Waals surface area contributed by atoms with Crippen molar-refractivity contribution in [3.8, 4) is 0 Å². The first kappa shape index (κ1) is 10.6. The zero-order valence-corrected chi connectivity index (χ0v) is 7.85. The first-order valence-electron chi connectivity index (χ1n) is 4.54. The number of nitrogens with two attached hydrogens (primary N) is 1. The number of nitrogens with zero attached hydrogens (tertiary/aromatic N) is 1. The third-order valence-electron chi connectivity index (χ3n) is 2.36. The summed E-state index contributed by atoms with van der Waals surface area (Å²) in [5.74, 6) is -1.27. The van der Waals surface area contributed by atoms with Crippen molar-refractivity contribution in [3.05, 3.63) is 12.3 Å². The Kier molecular flexibility index (Phi) is 3.50. The van der Waals surface area contributed by atoms with Gasteiger partial charge in [0.25, 0.3) is 0 Å². The second-order valence-electron chi connectivity index (χ2n) is 3.37. The number of carbonyl (C=O) groups is 2. The summed E-state index contributed by atoms with van der Waals surface area (Å²) in [7, 11) is 0. The van der Waals surface area contributed by atoms with E-state index >= 15 is 0 Å². The lowest BCUT2D eigenvalue weighted by molar-refractivity contribution is -0.131. The quantitative estimate of drug-likeness (QED) is 0.614. The van der Waals surface area contributed by atoms with Crippen LogP contribution in [0.1, 0.15) is 12.8 Å². The van der Waals surface area contributed by atoms with Crippen LogP contribution in [0.15, 0.2) is 12.3 Å². The van der Waals surface area contributed by atoms with Crippen molar-refractivity contribution in [3.63, 3.8) is 0 Å². The van der Waals surface area contributed by atoms with Gasteiger partial charge in [0, 0.05) is 31.3 Å². The van der Waals surface area contributed by atoms with Gasteiger partial charge in [-0.2, -0.15) is 0 Å². The summed E-state index contributed by atoms with van der Waals surface area (Å²) in [4.78, 5) is 22.9. The molecule has 1 amide bonds. The molecule has 14 heavy (non-hydrogen) atoms. The normalized spacial score (nSPS) is 18.7. The number of hydrogen-bond acceptors (Lipinski definition) is 3. The number of carboxylic acids is 1. The smallest absolute Gasteiger partial charge is 0.329 e. The molecule has 1 fully saturated rings. The molecular weight excluding hydrogens is 184 g/mol. The lowest BCUT2D eigenvalue weighted by Crippen LogP contribution is -2.35. The summed E-state index contributed by atoms with van der Waals surface area (Å²) < 4.78 is 0. The van der Waals surface area contributed by atoms with Gasteiger partial charge in [0.05, 0.1) is 0 Å². The molecule has 0 radical (unpaired) electrons. The first-order valence-corrected chi connectivity index (χ1v) is 4.54. The Morgan fingerprint density at radius 1 is 1.36 bits per heavy atom. The molecule has 1 aliphatic rings. The van der Waals surface area contributed by atoms with Crippen LogP contribution in [0.4, 0.5) is 0 Å². The third-order valence-corrected chi connectivity index (χ3v) is 2.36. The van der Waals surface area contributed by atoms with E-state index in [4.69, 9.17) is 10.8 Å². The molecule has 5 heteroatoms. The highest BCUT2D eigenvalue weighted by molar-refractivity contribution is 5.79. The second kappa shape index (κ2) is 4.64. The largest absolute Gasteiger partial charge is 0.478 e. The number of amides is 1. The van der Waals surface area contributed by atoms with Crippen molar-refractivity contribution in [1.82, 2.24) is 4.90 Å². The summed E-state index contributed by atoms with van der Waals surface area (Å²) >= 11 is 0. The maximum atomic E-state index is 10.8. The van der Waals surface area contributed by atoms with E-state index in [0.29, 0.717) is 25.9 Å². The van der Waals surface area contributed by atoms with Crippen LogP contribution >= 0.6 is 0 Å². The minimum absolute atomic E-state index is 0.0514. The Balaban J connectivity index is 2.36. The zero-order chi connectivity index (χ0) is 10.6. The van der Waals surface area contributed by atoms with Gasteiger partial charge >= 0.3 is 5.97 Å². The fourth-order valence-corrected chi connectivity index (χ4v) is 1.50. The Bertz CT molecular complexity index is 255. The summed E-state index contributed by atoms with van der Waals surface area (Å²) in [5.41, 5.74) is 5.17.